The van der Waals surface area contributed by atoms with Gasteiger partial charge in [0.15, 0.2) is 0 Å². The number of benzene rings is 2. The van der Waals surface area contributed by atoms with E-state index < -0.39 is 17.7 Å². The number of nitrogens with zero attached hydrogens (tertiary/aromatic N) is 3. The number of halogens is 2. The molecule has 7 nitrogen and oxygen atoms in total. The number of likely N-dealkylation sites (tertiary alicyclic amines) is 1. The summed E-state index contributed by atoms with van der Waals surface area (Å²) in [5.74, 6) is -0.950. The smallest absolute Gasteiger partial charge is 0.295 e. The normalized spacial score (nSPS) is 15.8. The topological polar surface area (TPSA) is 92.6 Å². The first-order chi connectivity index (χ1) is 18.0. The molecule has 0 saturated carbocycles. The van der Waals surface area contributed by atoms with Crippen LogP contribution in [0, 0.1) is 6.92 Å². The molecule has 0 aliphatic carbocycles. The van der Waals surface area contributed by atoms with Crippen molar-refractivity contribution in [2.45, 2.75) is 26.1 Å². The van der Waals surface area contributed by atoms with Crippen LogP contribution in [-0.2, 0) is 22.7 Å². The molecule has 39 heavy (non-hydrogen) atoms. The second kappa shape index (κ2) is 13.0. The number of hydrogen-bond acceptors (Lipinski definition) is 6. The number of aliphatic hydroxyl groups is 1. The molecule has 1 saturated heterocycles. The fourth-order valence-corrected chi connectivity index (χ4v) is 4.47. The van der Waals surface area contributed by atoms with Crippen molar-refractivity contribution in [1.82, 2.24) is 14.9 Å². The molecule has 2 aromatic heterocycles. The highest BCUT2D eigenvalue weighted by atomic mass is 35.5. The molecule has 4 aromatic rings. The van der Waals surface area contributed by atoms with Crippen molar-refractivity contribution >= 4 is 42.3 Å². The van der Waals surface area contributed by atoms with Crippen molar-refractivity contribution in [2.24, 2.45) is 0 Å². The molecule has 1 N–H and O–H groups in total. The van der Waals surface area contributed by atoms with Crippen LogP contribution < -0.4 is 4.74 Å². The Labute approximate surface area is 239 Å². The molecule has 0 spiro atoms. The van der Waals surface area contributed by atoms with Crippen LogP contribution in [0.25, 0.3) is 5.76 Å². The number of rotatable bonds is 7. The number of carbonyl (C=O) groups is 2. The van der Waals surface area contributed by atoms with E-state index in [0.717, 1.165) is 16.7 Å². The number of hydrogen-bond donors (Lipinski definition) is 1. The predicted octanol–water partition coefficient (Wildman–Crippen LogP) is 5.83. The lowest BCUT2D eigenvalue weighted by atomic mass is 9.95. The molecule has 1 fully saturated rings. The van der Waals surface area contributed by atoms with Gasteiger partial charge in [-0.25, -0.2) is 0 Å². The Morgan fingerprint density at radius 2 is 1.51 bits per heavy atom. The molecular weight excluding hydrogens is 537 g/mol. The number of aromatic nitrogens is 2. The molecular formula is C30H27Cl2N3O4. The maximum atomic E-state index is 13.3. The zero-order valence-electron chi connectivity index (χ0n) is 21.1. The molecule has 0 bridgehead atoms. The summed E-state index contributed by atoms with van der Waals surface area (Å²) in [5, 5.41) is 11.4. The van der Waals surface area contributed by atoms with Crippen LogP contribution >= 0.6 is 24.8 Å². The number of amides is 1. The average Bonchev–Trinajstić information content (AvgIpc) is 3.18. The standard InChI is InChI=1S/C30H25N3O4.2ClH/c1-20-17-24(7-8-25(20)37-19-22-5-3-2-4-6-22)28(34)26-27(23-11-15-32-16-12-23)33(30(36)29(26)35)18-21-9-13-31-14-10-21;;/h2-17,27,34H,18-19H2,1H3;2*1H/b28-26+;;. The zero-order chi connectivity index (χ0) is 25.8. The number of pyridine rings is 2. The predicted molar refractivity (Wildman–Crippen MR) is 153 cm³/mol. The first-order valence-corrected chi connectivity index (χ1v) is 11.9. The van der Waals surface area contributed by atoms with Crippen molar-refractivity contribution in [2.75, 3.05) is 0 Å². The lowest BCUT2D eigenvalue weighted by Crippen LogP contribution is -2.29. The summed E-state index contributed by atoms with van der Waals surface area (Å²) in [5.41, 5.74) is 3.83. The Bertz CT molecular complexity index is 1470. The largest absolute Gasteiger partial charge is 0.507 e. The van der Waals surface area contributed by atoms with E-state index >= 15 is 0 Å². The molecule has 1 atom stereocenters. The SMILES string of the molecule is Cc1cc(/C(O)=C2\C(=O)C(=O)N(Cc3ccncc3)C2c2ccncc2)ccc1OCc1ccccc1.Cl.Cl. The summed E-state index contributed by atoms with van der Waals surface area (Å²) >= 11 is 0. The minimum absolute atomic E-state index is 0. The molecule has 1 aliphatic heterocycles. The molecule has 5 rings (SSSR count). The second-order valence-electron chi connectivity index (χ2n) is 8.82. The van der Waals surface area contributed by atoms with Crippen molar-refractivity contribution in [1.29, 1.82) is 0 Å². The number of aliphatic hydroxyl groups excluding tert-OH is 1. The summed E-state index contributed by atoms with van der Waals surface area (Å²) in [7, 11) is 0. The van der Waals surface area contributed by atoms with Gasteiger partial charge in [0.05, 0.1) is 11.6 Å². The fraction of sp³-hybridized carbons (Fsp3) is 0.133. The van der Waals surface area contributed by atoms with Gasteiger partial charge in [-0.05, 0) is 71.6 Å². The van der Waals surface area contributed by atoms with Gasteiger partial charge in [0, 0.05) is 36.9 Å². The highest BCUT2D eigenvalue weighted by Gasteiger charge is 2.46. The van der Waals surface area contributed by atoms with Gasteiger partial charge in [0.2, 0.25) is 0 Å². The molecule has 1 unspecified atom stereocenters. The Morgan fingerprint density at radius 1 is 0.872 bits per heavy atom. The summed E-state index contributed by atoms with van der Waals surface area (Å²) in [6.45, 7) is 2.48. The van der Waals surface area contributed by atoms with Crippen molar-refractivity contribution in [3.63, 3.8) is 0 Å². The molecule has 0 radical (unpaired) electrons. The van der Waals surface area contributed by atoms with E-state index in [1.807, 2.05) is 37.3 Å². The second-order valence-corrected chi connectivity index (χ2v) is 8.82. The van der Waals surface area contributed by atoms with Crippen LogP contribution in [0.4, 0.5) is 0 Å². The van der Waals surface area contributed by atoms with Crippen molar-refractivity contribution in [3.8, 4) is 5.75 Å². The van der Waals surface area contributed by atoms with E-state index in [2.05, 4.69) is 9.97 Å². The Hall–Kier alpha value is -4.20. The monoisotopic (exact) mass is 563 g/mol. The average molecular weight is 564 g/mol. The number of Topliss-reactive ketones (excluding diaryl/α,β-unsaturated/α-hetero) is 1. The van der Waals surface area contributed by atoms with E-state index in [-0.39, 0.29) is 42.7 Å². The lowest BCUT2D eigenvalue weighted by Gasteiger charge is -2.25. The number of ketones is 1. The summed E-state index contributed by atoms with van der Waals surface area (Å²) in [4.78, 5) is 36.0. The minimum Gasteiger partial charge on any atom is -0.507 e. The van der Waals surface area contributed by atoms with E-state index in [0.29, 0.717) is 23.5 Å². The Balaban J connectivity index is 0.00000210. The Morgan fingerprint density at radius 3 is 2.15 bits per heavy atom. The first kappa shape index (κ1) is 29.4. The molecule has 1 amide bonds. The van der Waals surface area contributed by atoms with Crippen LogP contribution in [0.15, 0.2) is 103 Å². The van der Waals surface area contributed by atoms with Gasteiger partial charge in [0.1, 0.15) is 18.1 Å². The quantitative estimate of drug-likeness (QED) is 0.173. The third-order valence-electron chi connectivity index (χ3n) is 6.35. The van der Waals surface area contributed by atoms with Gasteiger partial charge in [-0.15, -0.1) is 24.8 Å². The van der Waals surface area contributed by atoms with Crippen LogP contribution in [0.3, 0.4) is 0 Å². The van der Waals surface area contributed by atoms with E-state index in [1.54, 1.807) is 67.3 Å². The zero-order valence-corrected chi connectivity index (χ0v) is 22.7. The number of ether oxygens (including phenoxy) is 1. The first-order valence-electron chi connectivity index (χ1n) is 11.9. The van der Waals surface area contributed by atoms with Gasteiger partial charge < -0.3 is 14.7 Å². The Kier molecular flexibility index (Phi) is 9.82. The van der Waals surface area contributed by atoms with Crippen molar-refractivity contribution in [3.05, 3.63) is 131 Å². The fourth-order valence-electron chi connectivity index (χ4n) is 4.47. The highest BCUT2D eigenvalue weighted by molar-refractivity contribution is 6.46. The van der Waals surface area contributed by atoms with Crippen molar-refractivity contribution < 1.29 is 19.4 Å². The van der Waals surface area contributed by atoms with Gasteiger partial charge >= 0.3 is 0 Å². The third-order valence-corrected chi connectivity index (χ3v) is 6.35. The molecule has 1 aliphatic rings. The maximum absolute atomic E-state index is 13.3. The summed E-state index contributed by atoms with van der Waals surface area (Å²) in [6.07, 6.45) is 6.48. The van der Waals surface area contributed by atoms with Crippen LogP contribution in [0.1, 0.15) is 33.9 Å². The van der Waals surface area contributed by atoms with Gasteiger partial charge in [-0.1, -0.05) is 30.3 Å². The van der Waals surface area contributed by atoms with Crippen LogP contribution in [0.2, 0.25) is 0 Å². The molecule has 200 valence electrons. The van der Waals surface area contributed by atoms with E-state index in [9.17, 15) is 14.7 Å². The number of carbonyl (C=O) groups excluding carboxylic acids is 2. The van der Waals surface area contributed by atoms with Crippen LogP contribution in [0.5, 0.6) is 5.75 Å². The summed E-state index contributed by atoms with van der Waals surface area (Å²) in [6, 6.07) is 21.4. The van der Waals surface area contributed by atoms with E-state index in [1.165, 1.54) is 4.90 Å². The van der Waals surface area contributed by atoms with Gasteiger partial charge in [-0.3, -0.25) is 19.6 Å². The van der Waals surface area contributed by atoms with E-state index in [4.69, 9.17) is 4.74 Å². The molecule has 9 heteroatoms. The molecule has 2 aromatic carbocycles. The number of aryl methyl sites for hydroxylation is 1. The van der Waals surface area contributed by atoms with Gasteiger partial charge in [-0.2, -0.15) is 0 Å². The maximum Gasteiger partial charge on any atom is 0.295 e. The third kappa shape index (κ3) is 6.28. The highest BCUT2D eigenvalue weighted by Crippen LogP contribution is 2.40. The van der Waals surface area contributed by atoms with Gasteiger partial charge in [0.25, 0.3) is 11.7 Å². The minimum atomic E-state index is -0.759. The molecule has 3 heterocycles. The lowest BCUT2D eigenvalue weighted by molar-refractivity contribution is -0.140. The summed E-state index contributed by atoms with van der Waals surface area (Å²) < 4.78 is 5.96. The van der Waals surface area contributed by atoms with Crippen LogP contribution in [-0.4, -0.2) is 31.7 Å².